The van der Waals surface area contributed by atoms with Gasteiger partial charge in [-0.05, 0) is 25.8 Å². The van der Waals surface area contributed by atoms with Gasteiger partial charge in [-0.1, -0.05) is 20.3 Å². The third-order valence-corrected chi connectivity index (χ3v) is 5.05. The van der Waals surface area contributed by atoms with Gasteiger partial charge in [-0.3, -0.25) is 4.90 Å². The van der Waals surface area contributed by atoms with Gasteiger partial charge >= 0.3 is 0 Å². The van der Waals surface area contributed by atoms with Gasteiger partial charge in [0.05, 0.1) is 5.75 Å². The van der Waals surface area contributed by atoms with Crippen LogP contribution in [0.25, 0.3) is 0 Å². The quantitative estimate of drug-likeness (QED) is 0.790. The van der Waals surface area contributed by atoms with E-state index in [0.717, 1.165) is 26.1 Å². The number of nitrogens with zero attached hydrogens (tertiary/aromatic N) is 1. The van der Waals surface area contributed by atoms with Gasteiger partial charge in [-0.15, -0.1) is 0 Å². The molecule has 3 atom stereocenters. The van der Waals surface area contributed by atoms with Crippen molar-refractivity contribution in [3.05, 3.63) is 0 Å². The Bertz CT molecular complexity index is 343. The second kappa shape index (κ2) is 6.87. The maximum absolute atomic E-state index is 11.1. The minimum Gasteiger partial charge on any atom is -0.311 e. The number of hydrogen-bond donors (Lipinski definition) is 1. The summed E-state index contributed by atoms with van der Waals surface area (Å²) in [7, 11) is -2.82. The van der Waals surface area contributed by atoms with Gasteiger partial charge in [-0.2, -0.15) is 0 Å². The first-order valence-electron chi connectivity index (χ1n) is 6.98. The van der Waals surface area contributed by atoms with E-state index in [0.29, 0.717) is 23.8 Å². The molecule has 0 saturated carbocycles. The molecule has 1 rings (SSSR count). The molecule has 1 N–H and O–H groups in total. The van der Waals surface area contributed by atoms with E-state index in [9.17, 15) is 8.42 Å². The fourth-order valence-electron chi connectivity index (χ4n) is 2.46. The van der Waals surface area contributed by atoms with Crippen molar-refractivity contribution >= 4 is 9.84 Å². The van der Waals surface area contributed by atoms with Crippen LogP contribution in [-0.2, 0) is 9.84 Å². The molecule has 3 unspecified atom stereocenters. The molecule has 0 amide bonds. The molecule has 5 heteroatoms. The predicted octanol–water partition coefficient (Wildman–Crippen LogP) is 1.13. The monoisotopic (exact) mass is 276 g/mol. The molecule has 0 aromatic rings. The number of hydrogen-bond acceptors (Lipinski definition) is 4. The Kier molecular flexibility index (Phi) is 6.08. The van der Waals surface area contributed by atoms with Crippen LogP contribution in [-0.4, -0.2) is 57.0 Å². The lowest BCUT2D eigenvalue weighted by Crippen LogP contribution is -2.57. The zero-order valence-electron chi connectivity index (χ0n) is 12.1. The summed E-state index contributed by atoms with van der Waals surface area (Å²) in [4.78, 5) is 2.43. The van der Waals surface area contributed by atoms with Gasteiger partial charge in [0.1, 0.15) is 9.84 Å². The van der Waals surface area contributed by atoms with Crippen LogP contribution in [0.4, 0.5) is 0 Å². The van der Waals surface area contributed by atoms with Crippen molar-refractivity contribution in [2.45, 2.75) is 45.7 Å². The summed E-state index contributed by atoms with van der Waals surface area (Å²) in [5.74, 6) is 0.979. The number of piperazine rings is 1. The van der Waals surface area contributed by atoms with E-state index in [2.05, 4.69) is 31.0 Å². The fourth-order valence-corrected chi connectivity index (χ4v) is 3.11. The average molecular weight is 276 g/mol. The first kappa shape index (κ1) is 15.9. The van der Waals surface area contributed by atoms with Crippen LogP contribution in [0.3, 0.4) is 0 Å². The topological polar surface area (TPSA) is 49.4 Å². The summed E-state index contributed by atoms with van der Waals surface area (Å²) in [6, 6.07) is 1.05. The lowest BCUT2D eigenvalue weighted by molar-refractivity contribution is 0.119. The van der Waals surface area contributed by atoms with Crippen molar-refractivity contribution in [2.75, 3.05) is 31.6 Å². The molecule has 0 aromatic heterocycles. The second-order valence-electron chi connectivity index (χ2n) is 5.73. The summed E-state index contributed by atoms with van der Waals surface area (Å²) in [6.45, 7) is 9.65. The van der Waals surface area contributed by atoms with Gasteiger partial charge in [0, 0.05) is 31.4 Å². The normalized spacial score (nSPS) is 28.2. The van der Waals surface area contributed by atoms with Crippen LogP contribution < -0.4 is 5.32 Å². The Hall–Kier alpha value is -0.130. The Labute approximate surface area is 112 Å². The van der Waals surface area contributed by atoms with E-state index in [-0.39, 0.29) is 0 Å². The van der Waals surface area contributed by atoms with E-state index >= 15 is 0 Å². The van der Waals surface area contributed by atoms with E-state index < -0.39 is 9.84 Å². The molecule has 0 radical (unpaired) electrons. The standard InChI is InChI=1S/C13H28N2O2S/c1-5-11(2)13-10-15(12(3)9-14-13)7-6-8-18(4,16)17/h11-14H,5-10H2,1-4H3. The highest BCUT2D eigenvalue weighted by Crippen LogP contribution is 2.15. The molecule has 1 saturated heterocycles. The van der Waals surface area contributed by atoms with Gasteiger partial charge < -0.3 is 5.32 Å². The molecule has 0 spiro atoms. The summed E-state index contributed by atoms with van der Waals surface area (Å²) in [6.07, 6.45) is 3.25. The highest BCUT2D eigenvalue weighted by molar-refractivity contribution is 7.90. The maximum Gasteiger partial charge on any atom is 0.147 e. The van der Waals surface area contributed by atoms with Gasteiger partial charge in [0.25, 0.3) is 0 Å². The molecule has 0 aliphatic carbocycles. The SMILES string of the molecule is CCC(C)C1CN(CCCS(C)(=O)=O)C(C)CN1. The van der Waals surface area contributed by atoms with Crippen molar-refractivity contribution in [3.8, 4) is 0 Å². The van der Waals surface area contributed by atoms with Crippen molar-refractivity contribution in [1.29, 1.82) is 0 Å². The number of nitrogens with one attached hydrogen (secondary N) is 1. The molecule has 1 heterocycles. The largest absolute Gasteiger partial charge is 0.311 e. The fraction of sp³-hybridized carbons (Fsp3) is 1.00. The highest BCUT2D eigenvalue weighted by atomic mass is 32.2. The lowest BCUT2D eigenvalue weighted by atomic mass is 9.95. The molecule has 4 nitrogen and oxygen atoms in total. The van der Waals surface area contributed by atoms with Crippen LogP contribution in [0.5, 0.6) is 0 Å². The summed E-state index contributed by atoms with van der Waals surface area (Å²) in [5.41, 5.74) is 0. The van der Waals surface area contributed by atoms with Crippen LogP contribution in [0, 0.1) is 5.92 Å². The smallest absolute Gasteiger partial charge is 0.147 e. The molecular weight excluding hydrogens is 248 g/mol. The van der Waals surface area contributed by atoms with Crippen molar-refractivity contribution < 1.29 is 8.42 Å². The van der Waals surface area contributed by atoms with Gasteiger partial charge in [0.15, 0.2) is 0 Å². The van der Waals surface area contributed by atoms with Crippen LogP contribution in [0.1, 0.15) is 33.6 Å². The third-order valence-electron chi connectivity index (χ3n) is 4.02. The third kappa shape index (κ3) is 5.24. The summed E-state index contributed by atoms with van der Waals surface area (Å²) >= 11 is 0. The number of rotatable bonds is 6. The first-order chi connectivity index (χ1) is 8.33. The van der Waals surface area contributed by atoms with E-state index in [1.807, 2.05) is 0 Å². The lowest BCUT2D eigenvalue weighted by Gasteiger charge is -2.41. The molecule has 108 valence electrons. The Morgan fingerprint density at radius 2 is 2.11 bits per heavy atom. The van der Waals surface area contributed by atoms with Crippen molar-refractivity contribution in [3.63, 3.8) is 0 Å². The summed E-state index contributed by atoms with van der Waals surface area (Å²) < 4.78 is 22.3. The summed E-state index contributed by atoms with van der Waals surface area (Å²) in [5, 5.41) is 3.60. The zero-order valence-corrected chi connectivity index (χ0v) is 13.0. The van der Waals surface area contributed by atoms with E-state index in [1.54, 1.807) is 0 Å². The maximum atomic E-state index is 11.1. The van der Waals surface area contributed by atoms with Crippen molar-refractivity contribution in [2.24, 2.45) is 5.92 Å². The van der Waals surface area contributed by atoms with Crippen molar-refractivity contribution in [1.82, 2.24) is 10.2 Å². The average Bonchev–Trinajstić information content (AvgIpc) is 2.29. The number of sulfone groups is 1. The highest BCUT2D eigenvalue weighted by Gasteiger charge is 2.27. The minimum atomic E-state index is -2.82. The Morgan fingerprint density at radius 3 is 2.67 bits per heavy atom. The molecular formula is C13H28N2O2S. The predicted molar refractivity (Wildman–Crippen MR) is 76.6 cm³/mol. The minimum absolute atomic E-state index is 0.303. The molecule has 0 aromatic carbocycles. The first-order valence-corrected chi connectivity index (χ1v) is 9.04. The van der Waals surface area contributed by atoms with Gasteiger partial charge in [0.2, 0.25) is 0 Å². The molecule has 1 fully saturated rings. The molecule has 1 aliphatic rings. The van der Waals surface area contributed by atoms with Crippen LogP contribution in [0.15, 0.2) is 0 Å². The van der Waals surface area contributed by atoms with Crippen LogP contribution >= 0.6 is 0 Å². The molecule has 0 bridgehead atoms. The molecule has 18 heavy (non-hydrogen) atoms. The Morgan fingerprint density at radius 1 is 1.44 bits per heavy atom. The molecule has 1 aliphatic heterocycles. The van der Waals surface area contributed by atoms with Crippen LogP contribution in [0.2, 0.25) is 0 Å². The van der Waals surface area contributed by atoms with Gasteiger partial charge in [-0.25, -0.2) is 8.42 Å². The Balaban J connectivity index is 2.42. The second-order valence-corrected chi connectivity index (χ2v) is 7.99. The van der Waals surface area contributed by atoms with E-state index in [4.69, 9.17) is 0 Å². The zero-order chi connectivity index (χ0) is 13.8. The van der Waals surface area contributed by atoms with E-state index in [1.165, 1.54) is 12.7 Å².